The van der Waals surface area contributed by atoms with E-state index in [1.54, 1.807) is 17.8 Å². The zero-order valence-electron chi connectivity index (χ0n) is 11.6. The molecule has 0 aliphatic carbocycles. The molecule has 2 aromatic rings. The number of halogens is 2. The Morgan fingerprint density at radius 3 is 2.80 bits per heavy atom. The molecule has 1 N–H and O–H groups in total. The van der Waals surface area contributed by atoms with Gasteiger partial charge >= 0.3 is 0 Å². The Labute approximate surface area is 116 Å². The number of aryl methyl sites for hydroxylation is 1. The number of hydrogen-bond donors (Lipinski definition) is 1. The summed E-state index contributed by atoms with van der Waals surface area (Å²) in [4.78, 5) is 4.14. The maximum atomic E-state index is 14.0. The van der Waals surface area contributed by atoms with Crippen LogP contribution in [0.1, 0.15) is 30.8 Å². The molecule has 0 fully saturated rings. The molecule has 0 saturated heterocycles. The van der Waals surface area contributed by atoms with Crippen molar-refractivity contribution in [2.24, 2.45) is 7.05 Å². The third kappa shape index (κ3) is 3.19. The molecule has 1 heterocycles. The van der Waals surface area contributed by atoms with Crippen LogP contribution in [0.5, 0.6) is 0 Å². The van der Waals surface area contributed by atoms with Crippen molar-refractivity contribution in [3.05, 3.63) is 47.5 Å². The smallest absolute Gasteiger partial charge is 0.163 e. The van der Waals surface area contributed by atoms with Gasteiger partial charge in [0.25, 0.3) is 0 Å². The maximum Gasteiger partial charge on any atom is 0.163 e. The molecular formula is C14H18F2N4. The van der Waals surface area contributed by atoms with Crippen LogP contribution in [-0.2, 0) is 13.5 Å². The number of aromatic nitrogens is 3. The molecule has 6 heteroatoms. The number of nitrogens with zero attached hydrogens (tertiary/aromatic N) is 3. The predicted octanol–water partition coefficient (Wildman–Crippen LogP) is 2.38. The van der Waals surface area contributed by atoms with E-state index in [0.717, 1.165) is 24.9 Å². The summed E-state index contributed by atoms with van der Waals surface area (Å²) >= 11 is 0. The Morgan fingerprint density at radius 1 is 1.35 bits per heavy atom. The largest absolute Gasteiger partial charge is 0.309 e. The van der Waals surface area contributed by atoms with Crippen LogP contribution in [0.2, 0.25) is 0 Å². The molecule has 4 nitrogen and oxygen atoms in total. The molecule has 20 heavy (non-hydrogen) atoms. The average Bonchev–Trinajstić information content (AvgIpc) is 2.83. The fraction of sp³-hybridized carbons (Fsp3) is 0.429. The van der Waals surface area contributed by atoms with Crippen LogP contribution in [0.25, 0.3) is 0 Å². The summed E-state index contributed by atoms with van der Waals surface area (Å²) in [5.74, 6) is -0.908. The lowest BCUT2D eigenvalue weighted by atomic mass is 10.0. The summed E-state index contributed by atoms with van der Waals surface area (Å²) in [5.41, 5.74) is 0.321. The van der Waals surface area contributed by atoms with Gasteiger partial charge in [-0.15, -0.1) is 0 Å². The minimum Gasteiger partial charge on any atom is -0.309 e. The fourth-order valence-electron chi connectivity index (χ4n) is 2.09. The minimum atomic E-state index is -0.830. The standard InChI is InChI=1S/C14H18F2N4/c1-3-7-17-12(8-13-18-9-19-20(13)2)10-5-4-6-11(15)14(10)16/h4-6,9,12,17H,3,7-8H2,1-2H3. The molecule has 1 unspecified atom stereocenters. The van der Waals surface area contributed by atoms with Crippen LogP contribution in [0.4, 0.5) is 8.78 Å². The van der Waals surface area contributed by atoms with Crippen molar-refractivity contribution in [2.45, 2.75) is 25.8 Å². The van der Waals surface area contributed by atoms with E-state index in [1.165, 1.54) is 12.4 Å². The Bertz CT molecular complexity index is 568. The first-order valence-corrected chi connectivity index (χ1v) is 6.63. The lowest BCUT2D eigenvalue weighted by Crippen LogP contribution is -2.26. The van der Waals surface area contributed by atoms with Crippen LogP contribution < -0.4 is 5.32 Å². The lowest BCUT2D eigenvalue weighted by molar-refractivity contribution is 0.451. The third-order valence-electron chi connectivity index (χ3n) is 3.19. The van der Waals surface area contributed by atoms with E-state index in [0.29, 0.717) is 12.0 Å². The van der Waals surface area contributed by atoms with Crippen molar-refractivity contribution < 1.29 is 8.78 Å². The normalized spacial score (nSPS) is 12.6. The first-order valence-electron chi connectivity index (χ1n) is 6.63. The van der Waals surface area contributed by atoms with Gasteiger partial charge in [-0.05, 0) is 19.0 Å². The molecule has 1 aromatic heterocycles. The molecule has 0 aliphatic heterocycles. The van der Waals surface area contributed by atoms with E-state index in [9.17, 15) is 8.78 Å². The molecule has 0 spiro atoms. The van der Waals surface area contributed by atoms with Crippen molar-refractivity contribution in [3.8, 4) is 0 Å². The number of hydrogen-bond acceptors (Lipinski definition) is 3. The van der Waals surface area contributed by atoms with Crippen molar-refractivity contribution in [3.63, 3.8) is 0 Å². The lowest BCUT2D eigenvalue weighted by Gasteiger charge is -2.19. The van der Waals surface area contributed by atoms with Gasteiger partial charge < -0.3 is 5.32 Å². The third-order valence-corrected chi connectivity index (χ3v) is 3.19. The zero-order chi connectivity index (χ0) is 14.5. The van der Waals surface area contributed by atoms with Crippen molar-refractivity contribution in [1.29, 1.82) is 0 Å². The summed E-state index contributed by atoms with van der Waals surface area (Å²) in [7, 11) is 1.78. The summed E-state index contributed by atoms with van der Waals surface area (Å²) in [5, 5.41) is 7.23. The van der Waals surface area contributed by atoms with Gasteiger partial charge in [-0.25, -0.2) is 13.8 Å². The second-order valence-corrected chi connectivity index (χ2v) is 4.65. The molecule has 108 valence electrons. The molecule has 0 bridgehead atoms. The van der Waals surface area contributed by atoms with Crippen molar-refractivity contribution in [1.82, 2.24) is 20.1 Å². The van der Waals surface area contributed by atoms with Gasteiger partial charge in [-0.1, -0.05) is 19.1 Å². The highest BCUT2D eigenvalue weighted by Crippen LogP contribution is 2.22. The number of benzene rings is 1. The summed E-state index contributed by atoms with van der Waals surface area (Å²) in [6, 6.07) is 3.92. The van der Waals surface area contributed by atoms with Gasteiger partial charge in [0.2, 0.25) is 0 Å². The fourth-order valence-corrected chi connectivity index (χ4v) is 2.09. The Kier molecular flexibility index (Phi) is 4.79. The number of rotatable bonds is 6. The molecule has 1 atom stereocenters. The SMILES string of the molecule is CCCNC(Cc1ncnn1C)c1cccc(F)c1F. The molecule has 0 aliphatic rings. The quantitative estimate of drug-likeness (QED) is 0.883. The minimum absolute atomic E-state index is 0.321. The van der Waals surface area contributed by atoms with E-state index < -0.39 is 11.6 Å². The second-order valence-electron chi connectivity index (χ2n) is 4.65. The maximum absolute atomic E-state index is 14.0. The predicted molar refractivity (Wildman–Crippen MR) is 72.1 cm³/mol. The highest BCUT2D eigenvalue weighted by molar-refractivity contribution is 5.23. The van der Waals surface area contributed by atoms with Gasteiger partial charge in [0.1, 0.15) is 12.2 Å². The van der Waals surface area contributed by atoms with Crippen LogP contribution in [0.15, 0.2) is 24.5 Å². The molecule has 0 radical (unpaired) electrons. The van der Waals surface area contributed by atoms with E-state index >= 15 is 0 Å². The highest BCUT2D eigenvalue weighted by Gasteiger charge is 2.19. The first kappa shape index (κ1) is 14.6. The topological polar surface area (TPSA) is 42.7 Å². The first-order chi connectivity index (χ1) is 9.63. The molecule has 0 saturated carbocycles. The monoisotopic (exact) mass is 280 g/mol. The van der Waals surface area contributed by atoms with Gasteiger partial charge in [-0.2, -0.15) is 5.10 Å². The van der Waals surface area contributed by atoms with Crippen LogP contribution in [0.3, 0.4) is 0 Å². The van der Waals surface area contributed by atoms with Gasteiger partial charge in [0.05, 0.1) is 0 Å². The van der Waals surface area contributed by atoms with Crippen LogP contribution in [0, 0.1) is 11.6 Å². The summed E-state index contributed by atoms with van der Waals surface area (Å²) in [6.07, 6.45) is 2.82. The van der Waals surface area contributed by atoms with E-state index in [2.05, 4.69) is 15.4 Å². The second kappa shape index (κ2) is 6.56. The summed E-state index contributed by atoms with van der Waals surface area (Å²) < 4.78 is 29.0. The van der Waals surface area contributed by atoms with Gasteiger partial charge in [-0.3, -0.25) is 4.68 Å². The summed E-state index contributed by atoms with van der Waals surface area (Å²) in [6.45, 7) is 2.74. The van der Waals surface area contributed by atoms with Crippen molar-refractivity contribution in [2.75, 3.05) is 6.54 Å². The van der Waals surface area contributed by atoms with E-state index in [1.807, 2.05) is 6.92 Å². The van der Waals surface area contributed by atoms with E-state index in [4.69, 9.17) is 0 Å². The van der Waals surface area contributed by atoms with Crippen LogP contribution >= 0.6 is 0 Å². The zero-order valence-corrected chi connectivity index (χ0v) is 11.6. The van der Waals surface area contributed by atoms with Gasteiger partial charge in [0.15, 0.2) is 11.6 Å². The van der Waals surface area contributed by atoms with Crippen LogP contribution in [-0.4, -0.2) is 21.3 Å². The van der Waals surface area contributed by atoms with E-state index in [-0.39, 0.29) is 6.04 Å². The average molecular weight is 280 g/mol. The number of nitrogens with one attached hydrogen (secondary N) is 1. The Morgan fingerprint density at radius 2 is 2.15 bits per heavy atom. The van der Waals surface area contributed by atoms with Crippen molar-refractivity contribution >= 4 is 0 Å². The molecule has 0 amide bonds. The molecule has 1 aromatic carbocycles. The highest BCUT2D eigenvalue weighted by atomic mass is 19.2. The Hall–Kier alpha value is -1.82. The molecular weight excluding hydrogens is 262 g/mol. The van der Waals surface area contributed by atoms with Gasteiger partial charge in [0, 0.05) is 25.1 Å². The Balaban J connectivity index is 2.27. The molecule has 2 rings (SSSR count).